The molecule has 0 spiro atoms. The van der Waals surface area contributed by atoms with Crippen LogP contribution in [0.1, 0.15) is 59.4 Å². The van der Waals surface area contributed by atoms with Gasteiger partial charge in [0.15, 0.2) is 5.82 Å². The average Bonchev–Trinajstić information content (AvgIpc) is 3.37. The molecule has 200 valence electrons. The van der Waals surface area contributed by atoms with Crippen molar-refractivity contribution in [1.82, 2.24) is 35.1 Å². The minimum atomic E-state index is -0.284. The Hall–Kier alpha value is -4.24. The van der Waals surface area contributed by atoms with E-state index in [1.165, 1.54) is 12.1 Å². The van der Waals surface area contributed by atoms with E-state index in [0.717, 1.165) is 46.0 Å². The molecule has 9 heteroatoms. The Morgan fingerprint density at radius 2 is 1.87 bits per heavy atom. The molecule has 0 bridgehead atoms. The highest BCUT2D eigenvalue weighted by atomic mass is 19.1. The van der Waals surface area contributed by atoms with Crippen molar-refractivity contribution in [2.75, 3.05) is 0 Å². The molecule has 0 fully saturated rings. The van der Waals surface area contributed by atoms with Crippen LogP contribution in [0.2, 0.25) is 0 Å². The molecule has 8 nitrogen and oxygen atoms in total. The quantitative estimate of drug-likeness (QED) is 0.268. The summed E-state index contributed by atoms with van der Waals surface area (Å²) in [5.74, 6) is 0.419. The molecule has 0 aliphatic rings. The molecule has 0 aliphatic heterocycles. The second-order valence-electron chi connectivity index (χ2n) is 10.1. The summed E-state index contributed by atoms with van der Waals surface area (Å²) in [4.78, 5) is 22.9. The Morgan fingerprint density at radius 1 is 1.05 bits per heavy atom. The smallest absolute Gasteiger partial charge is 0.252 e. The second kappa shape index (κ2) is 11.7. The van der Waals surface area contributed by atoms with Gasteiger partial charge in [0.2, 0.25) is 0 Å². The summed E-state index contributed by atoms with van der Waals surface area (Å²) in [6.07, 6.45) is 5.27. The number of H-pyrrole nitrogens is 1. The van der Waals surface area contributed by atoms with E-state index in [1.54, 1.807) is 23.0 Å². The third-order valence-electron chi connectivity index (χ3n) is 6.96. The molecule has 2 aromatic carbocycles. The van der Waals surface area contributed by atoms with E-state index in [4.69, 9.17) is 0 Å². The van der Waals surface area contributed by atoms with E-state index in [0.29, 0.717) is 31.0 Å². The number of tetrazole rings is 1. The monoisotopic (exact) mass is 525 g/mol. The topological polar surface area (TPSA) is 92.6 Å². The van der Waals surface area contributed by atoms with Crippen LogP contribution in [0.15, 0.2) is 71.8 Å². The Bertz CT molecular complexity index is 1610. The first-order chi connectivity index (χ1) is 18.9. The number of benzene rings is 2. The number of halogens is 1. The lowest BCUT2D eigenvalue weighted by atomic mass is 10.0. The van der Waals surface area contributed by atoms with Crippen LogP contribution in [-0.4, -0.2) is 35.1 Å². The molecule has 39 heavy (non-hydrogen) atoms. The van der Waals surface area contributed by atoms with Crippen molar-refractivity contribution in [2.45, 2.75) is 59.3 Å². The number of aryl methyl sites for hydroxylation is 2. The standard InChI is InChI=1S/C30H32FN7O/c1-4-6-27(29-34-35-36-38(29)18-22-8-10-26(31)11-9-22)37(17-23-7-5-12-32-16-23)19-25-15-24-14-20(2)13-21(3)28(24)33-30(25)39/h5,7-16,27H,4,6,17-19H2,1-3H3,(H,33,39). The summed E-state index contributed by atoms with van der Waals surface area (Å²) in [6, 6.07) is 16.3. The Labute approximate surface area is 226 Å². The number of pyridine rings is 2. The SMILES string of the molecule is CCCC(c1nnnn1Cc1ccc(F)cc1)N(Cc1cccnc1)Cc1cc2cc(C)cc(C)c2[nH]c1=O. The molecule has 3 aromatic heterocycles. The third kappa shape index (κ3) is 6.09. The van der Waals surface area contributed by atoms with Crippen molar-refractivity contribution in [3.63, 3.8) is 0 Å². The lowest BCUT2D eigenvalue weighted by molar-refractivity contribution is 0.156. The fourth-order valence-corrected chi connectivity index (χ4v) is 5.14. The number of hydrogen-bond donors (Lipinski definition) is 1. The molecule has 0 saturated carbocycles. The number of aromatic amines is 1. The summed E-state index contributed by atoms with van der Waals surface area (Å²) >= 11 is 0. The average molecular weight is 526 g/mol. The van der Waals surface area contributed by atoms with Crippen molar-refractivity contribution in [3.05, 3.63) is 117 Å². The Balaban J connectivity index is 1.54. The maximum Gasteiger partial charge on any atom is 0.252 e. The van der Waals surface area contributed by atoms with Gasteiger partial charge in [-0.25, -0.2) is 9.07 Å². The molecule has 5 aromatic rings. The molecule has 0 aliphatic carbocycles. The Morgan fingerprint density at radius 3 is 2.62 bits per heavy atom. The number of fused-ring (bicyclic) bond motifs is 1. The van der Waals surface area contributed by atoms with E-state index >= 15 is 0 Å². The van der Waals surface area contributed by atoms with Gasteiger partial charge in [-0.15, -0.1) is 5.10 Å². The van der Waals surface area contributed by atoms with E-state index in [-0.39, 0.29) is 17.4 Å². The summed E-state index contributed by atoms with van der Waals surface area (Å²) in [5.41, 5.74) is 5.55. The highest BCUT2D eigenvalue weighted by Gasteiger charge is 2.27. The fourth-order valence-electron chi connectivity index (χ4n) is 5.14. The fraction of sp³-hybridized carbons (Fsp3) is 0.300. The van der Waals surface area contributed by atoms with Crippen molar-refractivity contribution >= 4 is 10.9 Å². The molecule has 1 atom stereocenters. The Kier molecular flexibility index (Phi) is 7.88. The summed E-state index contributed by atoms with van der Waals surface area (Å²) in [7, 11) is 0. The van der Waals surface area contributed by atoms with Crippen molar-refractivity contribution in [2.24, 2.45) is 0 Å². The zero-order chi connectivity index (χ0) is 27.4. The first-order valence-electron chi connectivity index (χ1n) is 13.2. The lowest BCUT2D eigenvalue weighted by Crippen LogP contribution is -2.32. The van der Waals surface area contributed by atoms with Gasteiger partial charge in [0.05, 0.1) is 18.1 Å². The highest BCUT2D eigenvalue weighted by molar-refractivity contribution is 5.82. The molecular weight excluding hydrogens is 493 g/mol. The normalized spacial score (nSPS) is 12.3. The molecule has 5 rings (SSSR count). The first kappa shape index (κ1) is 26.4. The second-order valence-corrected chi connectivity index (χ2v) is 10.1. The summed E-state index contributed by atoms with van der Waals surface area (Å²) in [6.45, 7) is 7.58. The van der Waals surface area contributed by atoms with Gasteiger partial charge in [-0.2, -0.15) is 0 Å². The number of rotatable bonds is 10. The molecular formula is C30H32FN7O. The number of aromatic nitrogens is 6. The highest BCUT2D eigenvalue weighted by Crippen LogP contribution is 2.28. The molecule has 3 heterocycles. The van der Waals surface area contributed by atoms with Crippen LogP contribution in [0, 0.1) is 19.7 Å². The molecule has 1 N–H and O–H groups in total. The number of hydrogen-bond acceptors (Lipinski definition) is 6. The van der Waals surface area contributed by atoms with Crippen molar-refractivity contribution < 1.29 is 4.39 Å². The van der Waals surface area contributed by atoms with Gasteiger partial charge in [-0.3, -0.25) is 14.7 Å². The molecule has 0 amide bonds. The number of nitrogens with one attached hydrogen (secondary N) is 1. The van der Waals surface area contributed by atoms with Crippen LogP contribution in [0.5, 0.6) is 0 Å². The maximum atomic E-state index is 13.5. The van der Waals surface area contributed by atoms with Crippen LogP contribution in [0.3, 0.4) is 0 Å². The van der Waals surface area contributed by atoms with Gasteiger partial charge in [0, 0.05) is 31.0 Å². The molecule has 0 radical (unpaired) electrons. The third-order valence-corrected chi connectivity index (χ3v) is 6.96. The van der Waals surface area contributed by atoms with Crippen LogP contribution in [0.4, 0.5) is 4.39 Å². The lowest BCUT2D eigenvalue weighted by Gasteiger charge is -2.31. The van der Waals surface area contributed by atoms with E-state index < -0.39 is 0 Å². The zero-order valence-electron chi connectivity index (χ0n) is 22.4. The van der Waals surface area contributed by atoms with E-state index in [9.17, 15) is 9.18 Å². The minimum Gasteiger partial charge on any atom is -0.321 e. The van der Waals surface area contributed by atoms with Crippen molar-refractivity contribution in [1.29, 1.82) is 0 Å². The summed E-state index contributed by atoms with van der Waals surface area (Å²) < 4.78 is 15.2. The van der Waals surface area contributed by atoms with Gasteiger partial charge in [0.25, 0.3) is 5.56 Å². The predicted octanol–water partition coefficient (Wildman–Crippen LogP) is 5.26. The summed E-state index contributed by atoms with van der Waals surface area (Å²) in [5, 5.41) is 13.7. The first-order valence-corrected chi connectivity index (χ1v) is 13.2. The van der Waals surface area contributed by atoms with Crippen LogP contribution < -0.4 is 5.56 Å². The van der Waals surface area contributed by atoms with E-state index in [1.807, 2.05) is 31.3 Å². The minimum absolute atomic E-state index is 0.105. The maximum absolute atomic E-state index is 13.5. The van der Waals surface area contributed by atoms with Gasteiger partial charge in [0.1, 0.15) is 5.82 Å². The van der Waals surface area contributed by atoms with Gasteiger partial charge in [-0.05, 0) is 83.1 Å². The van der Waals surface area contributed by atoms with Crippen LogP contribution in [-0.2, 0) is 19.6 Å². The van der Waals surface area contributed by atoms with Crippen LogP contribution >= 0.6 is 0 Å². The molecule has 1 unspecified atom stereocenters. The predicted molar refractivity (Wildman–Crippen MR) is 148 cm³/mol. The van der Waals surface area contributed by atoms with Gasteiger partial charge in [-0.1, -0.05) is 43.2 Å². The van der Waals surface area contributed by atoms with Crippen molar-refractivity contribution in [3.8, 4) is 0 Å². The van der Waals surface area contributed by atoms with Crippen LogP contribution in [0.25, 0.3) is 10.9 Å². The van der Waals surface area contributed by atoms with Gasteiger partial charge >= 0.3 is 0 Å². The largest absolute Gasteiger partial charge is 0.321 e. The molecule has 0 saturated heterocycles. The van der Waals surface area contributed by atoms with Gasteiger partial charge < -0.3 is 4.98 Å². The zero-order valence-corrected chi connectivity index (χ0v) is 22.4. The van der Waals surface area contributed by atoms with E-state index in [2.05, 4.69) is 56.4 Å². The number of nitrogens with zero attached hydrogens (tertiary/aromatic N) is 6.